The molecule has 3 heterocycles. The van der Waals surface area contributed by atoms with Crippen LogP contribution in [-0.2, 0) is 23.2 Å². The Hall–Kier alpha value is -2.64. The number of amidine groups is 1. The predicted molar refractivity (Wildman–Crippen MR) is 109 cm³/mol. The Labute approximate surface area is 173 Å². The van der Waals surface area contributed by atoms with Crippen LogP contribution in [0.25, 0.3) is 10.9 Å². The summed E-state index contributed by atoms with van der Waals surface area (Å²) < 4.78 is 24.1. The van der Waals surface area contributed by atoms with Crippen LogP contribution in [0.4, 0.5) is 4.39 Å². The first-order chi connectivity index (χ1) is 14.0. The van der Waals surface area contributed by atoms with Crippen molar-refractivity contribution >= 4 is 28.3 Å². The third-order valence-corrected chi connectivity index (χ3v) is 5.43. The molecule has 4 rings (SSSR count). The number of fused-ring (bicyclic) bond motifs is 1. The van der Waals surface area contributed by atoms with Crippen molar-refractivity contribution in [2.45, 2.75) is 25.5 Å². The highest BCUT2D eigenvalue weighted by Gasteiger charge is 2.17. The van der Waals surface area contributed by atoms with Gasteiger partial charge < -0.3 is 19.9 Å². The quantitative estimate of drug-likeness (QED) is 0.300. The van der Waals surface area contributed by atoms with Crippen molar-refractivity contribution in [3.05, 3.63) is 64.8 Å². The molecule has 0 aliphatic carbocycles. The van der Waals surface area contributed by atoms with Gasteiger partial charge in [-0.15, -0.1) is 0 Å². The summed E-state index contributed by atoms with van der Waals surface area (Å²) in [5, 5.41) is 5.34. The van der Waals surface area contributed by atoms with Gasteiger partial charge in [-0.1, -0.05) is 16.8 Å². The molecule has 1 aromatic carbocycles. The molecule has 0 unspecified atom stereocenters. The van der Waals surface area contributed by atoms with Gasteiger partial charge in [0.25, 0.3) is 0 Å². The maximum absolute atomic E-state index is 14.9. The van der Waals surface area contributed by atoms with E-state index in [4.69, 9.17) is 26.9 Å². The zero-order valence-electron chi connectivity index (χ0n) is 16.1. The summed E-state index contributed by atoms with van der Waals surface area (Å²) in [6, 6.07) is 6.98. The van der Waals surface area contributed by atoms with E-state index in [0.29, 0.717) is 35.9 Å². The molecule has 0 bridgehead atoms. The van der Waals surface area contributed by atoms with Gasteiger partial charge in [0.1, 0.15) is 24.5 Å². The lowest BCUT2D eigenvalue weighted by Gasteiger charge is -2.20. The molecule has 0 atom stereocenters. The van der Waals surface area contributed by atoms with Gasteiger partial charge in [-0.25, -0.2) is 8.96 Å². The predicted octanol–water partition coefficient (Wildman–Crippen LogP) is 3.12. The second-order valence-electron chi connectivity index (χ2n) is 7.21. The van der Waals surface area contributed by atoms with Crippen LogP contribution < -0.4 is 10.3 Å². The summed E-state index contributed by atoms with van der Waals surface area (Å²) in [6.45, 7) is 1.59. The molecule has 0 radical (unpaired) electrons. The van der Waals surface area contributed by atoms with Crippen LogP contribution in [0.2, 0.25) is 5.02 Å². The molecule has 0 saturated carbocycles. The van der Waals surface area contributed by atoms with Crippen molar-refractivity contribution in [3.8, 4) is 0 Å². The minimum absolute atomic E-state index is 0.0368. The molecular formula is C21H23ClFN4O2+. The lowest BCUT2D eigenvalue weighted by atomic mass is 10.1. The van der Waals surface area contributed by atoms with Gasteiger partial charge in [-0.05, 0) is 18.2 Å². The highest BCUT2D eigenvalue weighted by molar-refractivity contribution is 6.31. The van der Waals surface area contributed by atoms with Gasteiger partial charge in [0.15, 0.2) is 18.2 Å². The normalized spacial score (nSPS) is 15.8. The zero-order valence-corrected chi connectivity index (χ0v) is 16.9. The number of rotatable bonds is 5. The highest BCUT2D eigenvalue weighted by atomic mass is 35.5. The van der Waals surface area contributed by atoms with E-state index < -0.39 is 5.82 Å². The van der Waals surface area contributed by atoms with E-state index in [9.17, 15) is 4.39 Å². The van der Waals surface area contributed by atoms with Crippen molar-refractivity contribution in [1.29, 1.82) is 0 Å². The third-order valence-electron chi connectivity index (χ3n) is 5.09. The highest BCUT2D eigenvalue weighted by Crippen LogP contribution is 2.25. The molecule has 1 fully saturated rings. The Morgan fingerprint density at radius 3 is 2.93 bits per heavy atom. The number of nitrogens with two attached hydrogens (primary N) is 1. The molecule has 6 nitrogen and oxygen atoms in total. The second-order valence-corrected chi connectivity index (χ2v) is 7.61. The first-order valence-corrected chi connectivity index (χ1v) is 9.88. The zero-order chi connectivity index (χ0) is 20.4. The molecule has 1 aliphatic heterocycles. The van der Waals surface area contributed by atoms with Gasteiger partial charge in [0.2, 0.25) is 0 Å². The smallest absolute Gasteiger partial charge is 0.193 e. The Bertz CT molecular complexity index is 1040. The fraction of sp³-hybridized carbons (Fsp3) is 0.333. The molecule has 152 valence electrons. The Morgan fingerprint density at radius 1 is 1.38 bits per heavy atom. The Morgan fingerprint density at radius 2 is 2.17 bits per heavy atom. The number of pyridine rings is 1. The lowest BCUT2D eigenvalue weighted by molar-refractivity contribution is -0.670. The number of benzene rings is 1. The van der Waals surface area contributed by atoms with Gasteiger partial charge in [0, 0.05) is 46.6 Å². The third kappa shape index (κ3) is 4.36. The van der Waals surface area contributed by atoms with Crippen molar-refractivity contribution in [2.24, 2.45) is 17.9 Å². The van der Waals surface area contributed by atoms with Crippen molar-refractivity contribution in [2.75, 3.05) is 13.2 Å². The summed E-state index contributed by atoms with van der Waals surface area (Å²) in [7, 11) is 1.95. The van der Waals surface area contributed by atoms with E-state index >= 15 is 0 Å². The standard InChI is InChI=1S/C21H23ClFN4O2/c1-26-6-2-14-3-7-27(20(14)13-26)12-17-18(22)10-15(11-19(17)23)21(24)25-29-16-4-8-28-9-5-16/h2-3,6-7,10-11,13,16H,4-5,8-9,12H2,1H3,(H2,24,25)/q+1. The minimum Gasteiger partial charge on any atom is -0.391 e. The van der Waals surface area contributed by atoms with E-state index in [-0.39, 0.29) is 11.9 Å². The summed E-state index contributed by atoms with van der Waals surface area (Å²) in [5.74, 6) is -0.332. The number of hydrogen-bond acceptors (Lipinski definition) is 3. The number of hydrogen-bond donors (Lipinski definition) is 1. The lowest BCUT2D eigenvalue weighted by Crippen LogP contribution is -2.26. The topological polar surface area (TPSA) is 65.7 Å². The van der Waals surface area contributed by atoms with Crippen LogP contribution in [0.3, 0.4) is 0 Å². The number of ether oxygens (including phenoxy) is 1. The van der Waals surface area contributed by atoms with E-state index in [2.05, 4.69) is 5.16 Å². The molecule has 1 saturated heterocycles. The molecule has 2 aromatic heterocycles. The average molecular weight is 418 g/mol. The van der Waals surface area contributed by atoms with Crippen molar-refractivity contribution in [3.63, 3.8) is 0 Å². The first-order valence-electron chi connectivity index (χ1n) is 9.50. The van der Waals surface area contributed by atoms with Gasteiger partial charge >= 0.3 is 0 Å². The van der Waals surface area contributed by atoms with Crippen LogP contribution >= 0.6 is 11.6 Å². The first kappa shape index (κ1) is 19.7. The van der Waals surface area contributed by atoms with Crippen molar-refractivity contribution < 1.29 is 18.5 Å². The van der Waals surface area contributed by atoms with Crippen LogP contribution in [0, 0.1) is 5.82 Å². The number of nitrogens with zero attached hydrogens (tertiary/aromatic N) is 3. The average Bonchev–Trinajstić information content (AvgIpc) is 3.11. The Balaban J connectivity index is 1.55. The molecule has 0 amide bonds. The maximum atomic E-state index is 14.9. The van der Waals surface area contributed by atoms with Gasteiger partial charge in [0.05, 0.1) is 19.8 Å². The summed E-state index contributed by atoms with van der Waals surface area (Å²) >= 11 is 6.40. The van der Waals surface area contributed by atoms with Crippen molar-refractivity contribution in [1.82, 2.24) is 4.57 Å². The van der Waals surface area contributed by atoms with Gasteiger partial charge in [-0.3, -0.25) is 0 Å². The fourth-order valence-electron chi connectivity index (χ4n) is 3.40. The van der Waals surface area contributed by atoms with Gasteiger partial charge in [-0.2, -0.15) is 0 Å². The molecule has 1 aliphatic rings. The maximum Gasteiger partial charge on any atom is 0.193 e. The minimum atomic E-state index is -0.432. The van der Waals surface area contributed by atoms with E-state index in [0.717, 1.165) is 23.7 Å². The van der Waals surface area contributed by atoms with Crippen LogP contribution in [0.5, 0.6) is 0 Å². The fourth-order valence-corrected chi connectivity index (χ4v) is 3.67. The largest absolute Gasteiger partial charge is 0.391 e. The van der Waals surface area contributed by atoms with E-state index in [1.807, 2.05) is 46.9 Å². The number of aryl methyl sites for hydroxylation is 1. The van der Waals surface area contributed by atoms with Crippen LogP contribution in [0.15, 0.2) is 48.0 Å². The number of aromatic nitrogens is 2. The number of halogens is 2. The van der Waals surface area contributed by atoms with Crippen LogP contribution in [0.1, 0.15) is 24.0 Å². The molecular weight excluding hydrogens is 395 g/mol. The Kier molecular flexibility index (Phi) is 5.69. The summed E-state index contributed by atoms with van der Waals surface area (Å²) in [6.07, 6.45) is 7.37. The summed E-state index contributed by atoms with van der Waals surface area (Å²) in [4.78, 5) is 5.46. The molecule has 0 spiro atoms. The molecule has 2 N–H and O–H groups in total. The second kappa shape index (κ2) is 8.39. The SMILES string of the molecule is C[n+]1ccc2ccn(Cc3c(F)cc(C(N)=NOC4CCOCC4)cc3Cl)c2c1. The monoisotopic (exact) mass is 417 g/mol. The van der Waals surface area contributed by atoms with Crippen LogP contribution in [-0.4, -0.2) is 29.7 Å². The molecule has 29 heavy (non-hydrogen) atoms. The number of oxime groups is 1. The summed E-state index contributed by atoms with van der Waals surface area (Å²) in [5.41, 5.74) is 7.78. The molecule has 8 heteroatoms. The molecule has 3 aromatic rings. The van der Waals surface area contributed by atoms with E-state index in [1.54, 1.807) is 6.07 Å². The van der Waals surface area contributed by atoms with E-state index in [1.165, 1.54) is 6.07 Å².